The summed E-state index contributed by atoms with van der Waals surface area (Å²) in [5.41, 5.74) is -0.379. The standard InChI is InChI=1S/C20H21FN4O4/c1-20(2,3)29-19(28)25-9-7-24(8-10-25)18(27)17(26)12-11-23-16-14(22-4)6-5-13(21)15(12)16/h5-6,11,23H,7-10H2,1-3H3. The summed E-state index contributed by atoms with van der Waals surface area (Å²) in [7, 11) is 0. The van der Waals surface area contributed by atoms with E-state index in [0.717, 1.165) is 6.07 Å². The maximum atomic E-state index is 14.3. The zero-order valence-electron chi connectivity index (χ0n) is 16.4. The Hall–Kier alpha value is -3.41. The summed E-state index contributed by atoms with van der Waals surface area (Å²) in [6.07, 6.45) is 0.779. The van der Waals surface area contributed by atoms with Crippen LogP contribution in [0.1, 0.15) is 31.1 Å². The number of fused-ring (bicyclic) bond motifs is 1. The molecular formula is C20H21FN4O4. The van der Waals surface area contributed by atoms with Gasteiger partial charge in [0.2, 0.25) is 5.69 Å². The number of amides is 2. The van der Waals surface area contributed by atoms with Crippen molar-refractivity contribution in [2.45, 2.75) is 26.4 Å². The predicted octanol–water partition coefficient (Wildman–Crippen LogP) is 3.12. The molecule has 1 aliphatic rings. The first-order valence-corrected chi connectivity index (χ1v) is 9.11. The molecule has 3 rings (SSSR count). The highest BCUT2D eigenvalue weighted by Gasteiger charge is 2.32. The number of Topliss-reactive ketones (excluding diaryl/α,β-unsaturated/α-hetero) is 1. The average molecular weight is 400 g/mol. The lowest BCUT2D eigenvalue weighted by molar-refractivity contribution is -0.128. The van der Waals surface area contributed by atoms with Crippen LogP contribution < -0.4 is 0 Å². The molecule has 0 spiro atoms. The number of nitrogens with one attached hydrogen (secondary N) is 1. The molecule has 1 aromatic carbocycles. The molecule has 2 amide bonds. The number of ether oxygens (including phenoxy) is 1. The molecule has 9 heteroatoms. The van der Waals surface area contributed by atoms with Crippen LogP contribution in [0.25, 0.3) is 15.7 Å². The molecule has 2 heterocycles. The average Bonchev–Trinajstić information content (AvgIpc) is 3.12. The van der Waals surface area contributed by atoms with Gasteiger partial charge in [0, 0.05) is 37.8 Å². The van der Waals surface area contributed by atoms with Crippen LogP contribution in [0, 0.1) is 12.4 Å². The quantitative estimate of drug-likeness (QED) is 0.477. The number of benzene rings is 1. The molecule has 1 aromatic heterocycles. The summed E-state index contributed by atoms with van der Waals surface area (Å²) < 4.78 is 19.6. The summed E-state index contributed by atoms with van der Waals surface area (Å²) in [6.45, 7) is 13.3. The Morgan fingerprint density at radius 3 is 2.34 bits per heavy atom. The molecular weight excluding hydrogens is 379 g/mol. The lowest BCUT2D eigenvalue weighted by atomic mass is 10.1. The topological polar surface area (TPSA) is 87.1 Å². The van der Waals surface area contributed by atoms with Gasteiger partial charge in [-0.05, 0) is 26.8 Å². The van der Waals surface area contributed by atoms with Gasteiger partial charge in [0.05, 0.1) is 17.7 Å². The van der Waals surface area contributed by atoms with Crippen LogP contribution in [0.4, 0.5) is 14.9 Å². The molecule has 152 valence electrons. The number of hydrogen-bond donors (Lipinski definition) is 1. The van der Waals surface area contributed by atoms with Crippen molar-refractivity contribution < 1.29 is 23.5 Å². The molecule has 8 nitrogen and oxygen atoms in total. The molecule has 1 N–H and O–H groups in total. The molecule has 0 atom stereocenters. The Labute approximate surface area is 167 Å². The minimum absolute atomic E-state index is 0.0655. The van der Waals surface area contributed by atoms with Crippen LogP contribution in [0.15, 0.2) is 18.3 Å². The van der Waals surface area contributed by atoms with Gasteiger partial charge >= 0.3 is 6.09 Å². The molecule has 2 aromatic rings. The molecule has 0 unspecified atom stereocenters. The Morgan fingerprint density at radius 2 is 1.76 bits per heavy atom. The van der Waals surface area contributed by atoms with Gasteiger partial charge < -0.3 is 19.5 Å². The number of halogens is 1. The van der Waals surface area contributed by atoms with Crippen molar-refractivity contribution >= 4 is 34.4 Å². The number of aromatic amines is 1. The summed E-state index contributed by atoms with van der Waals surface area (Å²) >= 11 is 0. The molecule has 1 aliphatic heterocycles. The van der Waals surface area contributed by atoms with Gasteiger partial charge in [-0.3, -0.25) is 9.59 Å². The van der Waals surface area contributed by atoms with E-state index in [1.807, 2.05) is 0 Å². The molecule has 0 radical (unpaired) electrons. The van der Waals surface area contributed by atoms with Crippen LogP contribution in [0.5, 0.6) is 0 Å². The monoisotopic (exact) mass is 400 g/mol. The Kier molecular flexibility index (Phi) is 5.29. The van der Waals surface area contributed by atoms with E-state index in [4.69, 9.17) is 11.3 Å². The van der Waals surface area contributed by atoms with Gasteiger partial charge in [0.1, 0.15) is 11.4 Å². The Bertz CT molecular complexity index is 1020. The number of hydrogen-bond acceptors (Lipinski definition) is 4. The first-order chi connectivity index (χ1) is 13.6. The van der Waals surface area contributed by atoms with Crippen molar-refractivity contribution in [2.24, 2.45) is 0 Å². The smallest absolute Gasteiger partial charge is 0.410 e. The second-order valence-electron chi connectivity index (χ2n) is 7.72. The minimum Gasteiger partial charge on any atom is -0.444 e. The fourth-order valence-corrected chi connectivity index (χ4v) is 3.14. The van der Waals surface area contributed by atoms with E-state index in [2.05, 4.69) is 9.83 Å². The van der Waals surface area contributed by atoms with Gasteiger partial charge in [-0.2, -0.15) is 0 Å². The van der Waals surface area contributed by atoms with Gasteiger partial charge in [0.15, 0.2) is 0 Å². The Morgan fingerprint density at radius 1 is 1.14 bits per heavy atom. The number of piperazine rings is 1. The van der Waals surface area contributed by atoms with E-state index in [1.54, 1.807) is 20.8 Å². The van der Waals surface area contributed by atoms with E-state index >= 15 is 0 Å². The first kappa shape index (κ1) is 20.3. The molecule has 29 heavy (non-hydrogen) atoms. The minimum atomic E-state index is -0.858. The van der Waals surface area contributed by atoms with Crippen molar-refractivity contribution in [3.05, 3.63) is 41.1 Å². The van der Waals surface area contributed by atoms with Gasteiger partial charge in [-0.15, -0.1) is 0 Å². The SMILES string of the molecule is [C-]#[N+]c1ccc(F)c2c(C(=O)C(=O)N3CCN(C(=O)OC(C)(C)C)CC3)c[nH]c12. The van der Waals surface area contributed by atoms with Crippen LogP contribution in [0.2, 0.25) is 0 Å². The third kappa shape index (κ3) is 4.06. The van der Waals surface area contributed by atoms with Gasteiger partial charge in [0.25, 0.3) is 11.7 Å². The van der Waals surface area contributed by atoms with E-state index < -0.39 is 29.2 Å². The first-order valence-electron chi connectivity index (χ1n) is 9.11. The van der Waals surface area contributed by atoms with Crippen LogP contribution in [0.3, 0.4) is 0 Å². The highest BCUT2D eigenvalue weighted by atomic mass is 19.1. The third-order valence-corrected chi connectivity index (χ3v) is 4.54. The number of H-pyrrole nitrogens is 1. The second kappa shape index (κ2) is 7.54. The highest BCUT2D eigenvalue weighted by Crippen LogP contribution is 2.30. The number of aromatic nitrogens is 1. The van der Waals surface area contributed by atoms with E-state index in [0.29, 0.717) is 0 Å². The predicted molar refractivity (Wildman–Crippen MR) is 103 cm³/mol. The zero-order valence-corrected chi connectivity index (χ0v) is 16.4. The van der Waals surface area contributed by atoms with E-state index in [1.165, 1.54) is 22.1 Å². The number of rotatable bonds is 2. The zero-order chi connectivity index (χ0) is 21.3. The molecule has 0 saturated carbocycles. The molecule has 0 bridgehead atoms. The second-order valence-corrected chi connectivity index (χ2v) is 7.72. The van der Waals surface area contributed by atoms with Crippen LogP contribution in [-0.2, 0) is 9.53 Å². The van der Waals surface area contributed by atoms with Gasteiger partial charge in [-0.25, -0.2) is 14.0 Å². The fourth-order valence-electron chi connectivity index (χ4n) is 3.14. The van der Waals surface area contributed by atoms with Crippen molar-refractivity contribution in [2.75, 3.05) is 26.2 Å². The van der Waals surface area contributed by atoms with Gasteiger partial charge in [-0.1, -0.05) is 6.07 Å². The number of carbonyl (C=O) groups excluding carboxylic acids is 3. The summed E-state index contributed by atoms with van der Waals surface area (Å²) in [4.78, 5) is 46.3. The maximum absolute atomic E-state index is 14.3. The molecule has 1 fully saturated rings. The number of nitrogens with zero attached hydrogens (tertiary/aromatic N) is 3. The fraction of sp³-hybridized carbons (Fsp3) is 0.400. The highest BCUT2D eigenvalue weighted by molar-refractivity contribution is 6.45. The van der Waals surface area contributed by atoms with Crippen molar-refractivity contribution in [1.82, 2.24) is 14.8 Å². The van der Waals surface area contributed by atoms with E-state index in [9.17, 15) is 18.8 Å². The molecule has 0 aliphatic carbocycles. The van der Waals surface area contributed by atoms with Crippen LogP contribution in [-0.4, -0.2) is 64.3 Å². The molecule has 1 saturated heterocycles. The van der Waals surface area contributed by atoms with Crippen LogP contribution >= 0.6 is 0 Å². The van der Waals surface area contributed by atoms with E-state index in [-0.39, 0.29) is 48.3 Å². The normalized spacial score (nSPS) is 14.6. The summed E-state index contributed by atoms with van der Waals surface area (Å²) in [5.74, 6) is -2.31. The summed E-state index contributed by atoms with van der Waals surface area (Å²) in [6, 6.07) is 2.41. The Balaban J connectivity index is 1.73. The number of ketones is 1. The largest absolute Gasteiger partial charge is 0.444 e. The lowest BCUT2D eigenvalue weighted by Crippen LogP contribution is -2.53. The van der Waals surface area contributed by atoms with Crippen molar-refractivity contribution in [1.29, 1.82) is 0 Å². The maximum Gasteiger partial charge on any atom is 0.410 e. The van der Waals surface area contributed by atoms with Crippen molar-refractivity contribution in [3.8, 4) is 0 Å². The van der Waals surface area contributed by atoms with Crippen molar-refractivity contribution in [3.63, 3.8) is 0 Å². The lowest BCUT2D eigenvalue weighted by Gasteiger charge is -2.35. The summed E-state index contributed by atoms with van der Waals surface area (Å²) in [5, 5.41) is -0.0655. The third-order valence-electron chi connectivity index (χ3n) is 4.54. The number of carbonyl (C=O) groups is 3.